The number of carbonyl (C=O) groups is 1. The Morgan fingerprint density at radius 1 is 1.26 bits per heavy atom. The molecule has 1 heterocycles. The average Bonchev–Trinajstić information content (AvgIpc) is 2.41. The number of aliphatic imine (C=N–C) groups is 1. The molecule has 2 N–H and O–H groups in total. The third-order valence-electron chi connectivity index (χ3n) is 2.95. The lowest BCUT2D eigenvalue weighted by Gasteiger charge is -2.13. The molecule has 102 valence electrons. The Kier molecular flexibility index (Phi) is 5.49. The molecule has 3 nitrogen and oxygen atoms in total. The molecule has 2 rings (SSSR count). The second-order valence-corrected chi connectivity index (χ2v) is 4.37. The molecule has 0 aliphatic carbocycles. The van der Waals surface area contributed by atoms with Gasteiger partial charge in [0.2, 0.25) is 5.91 Å². The highest BCUT2D eigenvalue weighted by molar-refractivity contribution is 5.95. The monoisotopic (exact) mass is 258 g/mol. The maximum Gasteiger partial charge on any atom is 0.248 e. The van der Waals surface area contributed by atoms with Gasteiger partial charge in [-0.1, -0.05) is 26.0 Å². The summed E-state index contributed by atoms with van der Waals surface area (Å²) >= 11 is 0. The number of carbonyl (C=O) groups excluding carboxylic acids is 1. The van der Waals surface area contributed by atoms with Gasteiger partial charge in [-0.25, -0.2) is 0 Å². The molecule has 3 heteroatoms. The third-order valence-corrected chi connectivity index (χ3v) is 2.95. The van der Waals surface area contributed by atoms with Crippen LogP contribution in [-0.4, -0.2) is 11.6 Å². The van der Waals surface area contributed by atoms with Crippen LogP contribution in [0.1, 0.15) is 55.1 Å². The predicted molar refractivity (Wildman–Crippen MR) is 81.4 cm³/mol. The van der Waals surface area contributed by atoms with Crippen LogP contribution < -0.4 is 5.73 Å². The molecule has 1 amide bonds. The fraction of sp³-hybridized carbons (Fsp3) is 0.375. The standard InChI is InChI=1S/C14H16N2O.C2H6/c1-9-6-7-11(14(15)17)8-12(9)13-5-3-4-10(2)16-13;1-2/h5-8H,3-4H2,1-2H3,(H2,15,17);1-2H3. The maximum absolute atomic E-state index is 11.2. The number of nitrogens with zero attached hydrogens (tertiary/aromatic N) is 1. The predicted octanol–water partition coefficient (Wildman–Crippen LogP) is 3.72. The van der Waals surface area contributed by atoms with Gasteiger partial charge in [0.05, 0.1) is 5.70 Å². The Bertz CT molecular complexity index is 528. The van der Waals surface area contributed by atoms with Gasteiger partial charge in [-0.2, -0.15) is 0 Å². The van der Waals surface area contributed by atoms with Crippen LogP contribution in [-0.2, 0) is 0 Å². The first-order chi connectivity index (χ1) is 9.08. The first-order valence-corrected chi connectivity index (χ1v) is 6.73. The molecule has 0 fully saturated rings. The van der Waals surface area contributed by atoms with Crippen LogP contribution in [0.4, 0.5) is 0 Å². The molecule has 1 aromatic rings. The summed E-state index contributed by atoms with van der Waals surface area (Å²) < 4.78 is 0. The molecule has 0 bridgehead atoms. The highest BCUT2D eigenvalue weighted by atomic mass is 16.1. The van der Waals surface area contributed by atoms with E-state index in [0.717, 1.165) is 35.4 Å². The Morgan fingerprint density at radius 3 is 2.53 bits per heavy atom. The van der Waals surface area contributed by atoms with Crippen LogP contribution in [0.2, 0.25) is 0 Å². The van der Waals surface area contributed by atoms with Crippen LogP contribution in [0.3, 0.4) is 0 Å². The van der Waals surface area contributed by atoms with Crippen molar-refractivity contribution in [1.29, 1.82) is 0 Å². The van der Waals surface area contributed by atoms with Gasteiger partial charge in [0.1, 0.15) is 0 Å². The van der Waals surface area contributed by atoms with Gasteiger partial charge in [0.15, 0.2) is 0 Å². The van der Waals surface area contributed by atoms with Gasteiger partial charge < -0.3 is 5.73 Å². The van der Waals surface area contributed by atoms with Crippen LogP contribution in [0, 0.1) is 6.92 Å². The molecule has 1 aromatic carbocycles. The first-order valence-electron chi connectivity index (χ1n) is 6.73. The van der Waals surface area contributed by atoms with Crippen LogP contribution in [0.25, 0.3) is 5.70 Å². The molecular weight excluding hydrogens is 236 g/mol. The molecule has 0 atom stereocenters. The van der Waals surface area contributed by atoms with E-state index in [1.807, 2.05) is 39.8 Å². The second kappa shape index (κ2) is 6.88. The van der Waals surface area contributed by atoms with Gasteiger partial charge in [-0.3, -0.25) is 9.79 Å². The molecule has 0 saturated carbocycles. The summed E-state index contributed by atoms with van der Waals surface area (Å²) in [6.07, 6.45) is 4.13. The van der Waals surface area contributed by atoms with Gasteiger partial charge in [0, 0.05) is 16.8 Å². The minimum atomic E-state index is -0.400. The minimum absolute atomic E-state index is 0.400. The maximum atomic E-state index is 11.2. The number of benzene rings is 1. The number of amides is 1. The van der Waals surface area contributed by atoms with Crippen molar-refractivity contribution < 1.29 is 4.79 Å². The summed E-state index contributed by atoms with van der Waals surface area (Å²) in [4.78, 5) is 15.7. The van der Waals surface area contributed by atoms with Crippen molar-refractivity contribution >= 4 is 17.3 Å². The number of aryl methyl sites for hydroxylation is 1. The molecule has 1 aliphatic heterocycles. The average molecular weight is 258 g/mol. The van der Waals surface area contributed by atoms with E-state index >= 15 is 0 Å². The third kappa shape index (κ3) is 3.78. The molecular formula is C16H22N2O. The molecule has 0 radical (unpaired) electrons. The summed E-state index contributed by atoms with van der Waals surface area (Å²) in [6, 6.07) is 5.49. The summed E-state index contributed by atoms with van der Waals surface area (Å²) in [5, 5.41) is 0. The van der Waals surface area contributed by atoms with E-state index in [9.17, 15) is 4.79 Å². The van der Waals surface area contributed by atoms with E-state index in [4.69, 9.17) is 5.73 Å². The summed E-state index contributed by atoms with van der Waals surface area (Å²) in [5.41, 5.74) is 10.0. The molecule has 0 spiro atoms. The zero-order chi connectivity index (χ0) is 14.4. The van der Waals surface area contributed by atoms with Crippen molar-refractivity contribution in [3.05, 3.63) is 41.0 Å². The van der Waals surface area contributed by atoms with E-state index in [2.05, 4.69) is 11.1 Å². The number of nitrogens with two attached hydrogens (primary N) is 1. The van der Waals surface area contributed by atoms with Crippen LogP contribution >= 0.6 is 0 Å². The van der Waals surface area contributed by atoms with E-state index in [-0.39, 0.29) is 0 Å². The zero-order valence-electron chi connectivity index (χ0n) is 12.2. The number of hydrogen-bond acceptors (Lipinski definition) is 2. The van der Waals surface area contributed by atoms with E-state index < -0.39 is 5.91 Å². The van der Waals surface area contributed by atoms with Crippen LogP contribution in [0.15, 0.2) is 29.3 Å². The lowest BCUT2D eigenvalue weighted by atomic mass is 9.99. The summed E-state index contributed by atoms with van der Waals surface area (Å²) in [6.45, 7) is 8.04. The van der Waals surface area contributed by atoms with Crippen molar-refractivity contribution in [1.82, 2.24) is 0 Å². The zero-order valence-corrected chi connectivity index (χ0v) is 12.2. The fourth-order valence-electron chi connectivity index (χ4n) is 1.95. The number of primary amides is 1. The fourth-order valence-corrected chi connectivity index (χ4v) is 1.95. The lowest BCUT2D eigenvalue weighted by molar-refractivity contribution is 0.100. The largest absolute Gasteiger partial charge is 0.366 e. The quantitative estimate of drug-likeness (QED) is 0.863. The van der Waals surface area contributed by atoms with Crippen molar-refractivity contribution in [2.75, 3.05) is 0 Å². The normalized spacial score (nSPS) is 13.9. The Labute approximate surface area is 115 Å². The molecule has 0 aromatic heterocycles. The first kappa shape index (κ1) is 15.2. The molecule has 1 aliphatic rings. The van der Waals surface area contributed by atoms with E-state index in [1.54, 1.807) is 6.07 Å². The molecule has 0 saturated heterocycles. The topological polar surface area (TPSA) is 55.4 Å². The van der Waals surface area contributed by atoms with Crippen LogP contribution in [0.5, 0.6) is 0 Å². The minimum Gasteiger partial charge on any atom is -0.366 e. The van der Waals surface area contributed by atoms with Crippen molar-refractivity contribution in [3.8, 4) is 0 Å². The van der Waals surface area contributed by atoms with Gasteiger partial charge in [-0.05, 0) is 44.4 Å². The van der Waals surface area contributed by atoms with E-state index in [1.165, 1.54) is 0 Å². The van der Waals surface area contributed by atoms with E-state index in [0.29, 0.717) is 5.56 Å². The summed E-state index contributed by atoms with van der Waals surface area (Å²) in [7, 11) is 0. The number of allylic oxidation sites excluding steroid dienone is 1. The van der Waals surface area contributed by atoms with Gasteiger partial charge >= 0.3 is 0 Å². The SMILES string of the molecule is CC.CC1=NC(c2cc(C(N)=O)ccc2C)=CCC1. The Morgan fingerprint density at radius 2 is 1.95 bits per heavy atom. The molecule has 19 heavy (non-hydrogen) atoms. The summed E-state index contributed by atoms with van der Waals surface area (Å²) in [5.74, 6) is -0.400. The van der Waals surface area contributed by atoms with Gasteiger partial charge in [-0.15, -0.1) is 0 Å². The number of rotatable bonds is 2. The molecule has 0 unspecified atom stereocenters. The highest BCUT2D eigenvalue weighted by Crippen LogP contribution is 2.25. The Hall–Kier alpha value is -1.90. The van der Waals surface area contributed by atoms with Crippen molar-refractivity contribution in [2.24, 2.45) is 10.7 Å². The smallest absolute Gasteiger partial charge is 0.248 e. The number of hydrogen-bond donors (Lipinski definition) is 1. The van der Waals surface area contributed by atoms with Crippen molar-refractivity contribution in [3.63, 3.8) is 0 Å². The Balaban J connectivity index is 0.000000861. The lowest BCUT2D eigenvalue weighted by Crippen LogP contribution is -2.11. The second-order valence-electron chi connectivity index (χ2n) is 4.37. The van der Waals surface area contributed by atoms with Crippen molar-refractivity contribution in [2.45, 2.75) is 40.5 Å². The van der Waals surface area contributed by atoms with Gasteiger partial charge in [0.25, 0.3) is 0 Å². The highest BCUT2D eigenvalue weighted by Gasteiger charge is 2.11.